The average molecular weight is 530 g/mol. The van der Waals surface area contributed by atoms with E-state index in [1.165, 1.54) is 6.33 Å². The number of likely N-dealkylation sites (tertiary alicyclic amines) is 1. The monoisotopic (exact) mass is 529 g/mol. The molecule has 0 radical (unpaired) electrons. The number of nitrogens with two attached hydrogens (primary N) is 1. The number of nitrogen functional groups attached to an aromatic ring is 1. The largest absolute Gasteiger partial charge is 0.490 e. The van der Waals surface area contributed by atoms with Crippen LogP contribution in [0.15, 0.2) is 42.7 Å². The van der Waals surface area contributed by atoms with Crippen molar-refractivity contribution in [3.8, 4) is 16.9 Å². The molecular formula is C31H39N5O3. The summed E-state index contributed by atoms with van der Waals surface area (Å²) in [5.41, 5.74) is 10.1. The number of rotatable bonds is 4. The molecule has 2 aliphatic carbocycles. The third-order valence-electron chi connectivity index (χ3n) is 8.52. The molecule has 2 fully saturated rings. The van der Waals surface area contributed by atoms with Gasteiger partial charge in [0.15, 0.2) is 0 Å². The Balaban J connectivity index is 1.49. The fraction of sp³-hybridized carbons (Fsp3) is 0.516. The van der Waals surface area contributed by atoms with Crippen molar-refractivity contribution < 1.29 is 14.3 Å². The van der Waals surface area contributed by atoms with Gasteiger partial charge in [-0.15, -0.1) is 0 Å². The van der Waals surface area contributed by atoms with Gasteiger partial charge in [0.2, 0.25) is 0 Å². The molecule has 1 aliphatic heterocycles. The number of anilines is 1. The summed E-state index contributed by atoms with van der Waals surface area (Å²) in [5, 5.41) is 0.863. The van der Waals surface area contributed by atoms with Crippen molar-refractivity contribution in [2.45, 2.75) is 76.9 Å². The van der Waals surface area contributed by atoms with Crippen molar-refractivity contribution in [3.05, 3.63) is 48.4 Å². The van der Waals surface area contributed by atoms with Crippen molar-refractivity contribution in [2.24, 2.45) is 12.5 Å². The van der Waals surface area contributed by atoms with Gasteiger partial charge in [-0.25, -0.2) is 14.8 Å². The minimum atomic E-state index is -0.547. The first-order valence-electron chi connectivity index (χ1n) is 14.1. The molecule has 8 heteroatoms. The van der Waals surface area contributed by atoms with Crippen LogP contribution in [-0.2, 0) is 11.8 Å². The molecule has 1 aromatic carbocycles. The summed E-state index contributed by atoms with van der Waals surface area (Å²) in [6.45, 7) is 7.02. The Morgan fingerprint density at radius 3 is 2.54 bits per heavy atom. The molecular weight excluding hydrogens is 490 g/mol. The van der Waals surface area contributed by atoms with Crippen LogP contribution >= 0.6 is 0 Å². The van der Waals surface area contributed by atoms with E-state index in [0.717, 1.165) is 72.1 Å². The molecule has 3 aromatic rings. The lowest BCUT2D eigenvalue weighted by atomic mass is 9.62. The maximum atomic E-state index is 13.3. The Kier molecular flexibility index (Phi) is 6.31. The van der Waals surface area contributed by atoms with Gasteiger partial charge in [0.25, 0.3) is 0 Å². The summed E-state index contributed by atoms with van der Waals surface area (Å²) < 4.78 is 14.0. The number of hydrogen-bond donors (Lipinski definition) is 1. The standard InChI is InChI=1S/C31H39N5O3/c1-30(2,3)39-29(37)36-17-16-31(14-6-5-7-15-31)23(18-36)26-24(25-27(32)33-19-34-28(25)35(26)4)20-8-10-21(11-9-20)38-22-12-13-22/h5-6,8-11,19,22-23H,7,12-18H2,1-4H3,(H2,32,33,34). The van der Waals surface area contributed by atoms with Gasteiger partial charge in [0.05, 0.1) is 11.5 Å². The summed E-state index contributed by atoms with van der Waals surface area (Å²) in [6, 6.07) is 8.32. The van der Waals surface area contributed by atoms with Crippen LogP contribution in [0.4, 0.5) is 10.6 Å². The van der Waals surface area contributed by atoms with E-state index in [1.807, 2.05) is 37.8 Å². The third-order valence-corrected chi connectivity index (χ3v) is 8.52. The minimum absolute atomic E-state index is 0.0291. The van der Waals surface area contributed by atoms with Crippen LogP contribution in [0, 0.1) is 5.41 Å². The lowest BCUT2D eigenvalue weighted by Gasteiger charge is -2.49. The van der Waals surface area contributed by atoms with E-state index in [1.54, 1.807) is 0 Å². The fourth-order valence-electron chi connectivity index (χ4n) is 6.43. The first-order valence-corrected chi connectivity index (χ1v) is 14.1. The van der Waals surface area contributed by atoms with Gasteiger partial charge in [-0.05, 0) is 82.4 Å². The zero-order valence-electron chi connectivity index (χ0n) is 23.4. The number of nitrogens with zero attached hydrogens (tertiary/aromatic N) is 4. The van der Waals surface area contributed by atoms with E-state index in [9.17, 15) is 4.79 Å². The molecule has 2 unspecified atom stereocenters. The number of ether oxygens (including phenoxy) is 2. The SMILES string of the molecule is Cn1c(C2CN(C(=O)OC(C)(C)C)CCC23CC=CCC3)c(-c2ccc(OC3CC3)cc2)c2c(N)ncnc21. The van der Waals surface area contributed by atoms with Gasteiger partial charge in [0, 0.05) is 37.3 Å². The van der Waals surface area contributed by atoms with Crippen molar-refractivity contribution in [1.29, 1.82) is 0 Å². The Labute approximate surface area is 230 Å². The maximum absolute atomic E-state index is 13.3. The van der Waals surface area contributed by atoms with Gasteiger partial charge >= 0.3 is 6.09 Å². The number of carbonyl (C=O) groups is 1. The van der Waals surface area contributed by atoms with Gasteiger partial charge in [-0.1, -0.05) is 24.3 Å². The molecule has 2 N–H and O–H groups in total. The number of amides is 1. The molecule has 39 heavy (non-hydrogen) atoms. The molecule has 3 heterocycles. The summed E-state index contributed by atoms with van der Waals surface area (Å²) in [4.78, 5) is 24.2. The molecule has 1 amide bonds. The quantitative estimate of drug-likeness (QED) is 0.404. The second-order valence-electron chi connectivity index (χ2n) is 12.4. The second-order valence-corrected chi connectivity index (χ2v) is 12.4. The predicted molar refractivity (Wildman–Crippen MR) is 153 cm³/mol. The lowest BCUT2D eigenvalue weighted by Crippen LogP contribution is -2.50. The number of aryl methyl sites for hydroxylation is 1. The van der Waals surface area contributed by atoms with Crippen LogP contribution in [0.1, 0.15) is 70.9 Å². The van der Waals surface area contributed by atoms with Crippen LogP contribution in [0.3, 0.4) is 0 Å². The van der Waals surface area contributed by atoms with Crippen LogP contribution in [0.25, 0.3) is 22.2 Å². The number of benzene rings is 1. The smallest absolute Gasteiger partial charge is 0.410 e. The second kappa shape index (κ2) is 9.57. The zero-order chi connectivity index (χ0) is 27.4. The van der Waals surface area contributed by atoms with E-state index in [4.69, 9.17) is 15.2 Å². The van der Waals surface area contributed by atoms with E-state index < -0.39 is 5.60 Å². The summed E-state index contributed by atoms with van der Waals surface area (Å²) in [7, 11) is 2.07. The van der Waals surface area contributed by atoms with Crippen LogP contribution in [-0.4, -0.2) is 50.3 Å². The Hall–Kier alpha value is -3.55. The van der Waals surface area contributed by atoms with Gasteiger partial charge in [-0.3, -0.25) is 0 Å². The topological polar surface area (TPSA) is 95.5 Å². The molecule has 206 valence electrons. The van der Waals surface area contributed by atoms with Crippen molar-refractivity contribution in [1.82, 2.24) is 19.4 Å². The van der Waals surface area contributed by atoms with Crippen LogP contribution in [0.5, 0.6) is 5.75 Å². The summed E-state index contributed by atoms with van der Waals surface area (Å²) >= 11 is 0. The number of piperidine rings is 1. The summed E-state index contributed by atoms with van der Waals surface area (Å²) in [5.74, 6) is 1.42. The maximum Gasteiger partial charge on any atom is 0.410 e. The van der Waals surface area contributed by atoms with E-state index in [2.05, 4.69) is 45.9 Å². The molecule has 1 spiro atoms. The highest BCUT2D eigenvalue weighted by Gasteiger charge is 2.47. The predicted octanol–water partition coefficient (Wildman–Crippen LogP) is 6.21. The highest BCUT2D eigenvalue weighted by Crippen LogP contribution is 2.54. The van der Waals surface area contributed by atoms with E-state index in [-0.39, 0.29) is 17.4 Å². The zero-order valence-corrected chi connectivity index (χ0v) is 23.4. The highest BCUT2D eigenvalue weighted by atomic mass is 16.6. The molecule has 1 saturated heterocycles. The first kappa shape index (κ1) is 25.7. The number of fused-ring (bicyclic) bond motifs is 1. The average Bonchev–Trinajstić information content (AvgIpc) is 3.67. The number of aromatic nitrogens is 3. The number of hydrogen-bond acceptors (Lipinski definition) is 6. The Bertz CT molecular complexity index is 1420. The van der Waals surface area contributed by atoms with E-state index >= 15 is 0 Å². The normalized spacial score (nSPS) is 23.4. The number of allylic oxidation sites excluding steroid dienone is 2. The Morgan fingerprint density at radius 1 is 1.10 bits per heavy atom. The molecule has 3 aliphatic rings. The molecule has 6 rings (SSSR count). The van der Waals surface area contributed by atoms with Gasteiger partial charge in [-0.2, -0.15) is 0 Å². The molecule has 1 saturated carbocycles. The first-order chi connectivity index (χ1) is 18.7. The molecule has 2 atom stereocenters. The Morgan fingerprint density at radius 2 is 1.87 bits per heavy atom. The number of carbonyl (C=O) groups excluding carboxylic acids is 1. The summed E-state index contributed by atoms with van der Waals surface area (Å²) in [6.07, 6.45) is 12.5. The van der Waals surface area contributed by atoms with Crippen molar-refractivity contribution in [3.63, 3.8) is 0 Å². The van der Waals surface area contributed by atoms with Gasteiger partial charge in [0.1, 0.15) is 29.1 Å². The van der Waals surface area contributed by atoms with Crippen LogP contribution in [0.2, 0.25) is 0 Å². The van der Waals surface area contributed by atoms with Gasteiger partial charge < -0.3 is 24.7 Å². The molecule has 2 aromatic heterocycles. The van der Waals surface area contributed by atoms with E-state index in [0.29, 0.717) is 25.0 Å². The fourth-order valence-corrected chi connectivity index (χ4v) is 6.43. The van der Waals surface area contributed by atoms with Crippen molar-refractivity contribution in [2.75, 3.05) is 18.8 Å². The minimum Gasteiger partial charge on any atom is -0.490 e. The van der Waals surface area contributed by atoms with Crippen LogP contribution < -0.4 is 10.5 Å². The molecule has 8 nitrogen and oxygen atoms in total. The third kappa shape index (κ3) is 4.85. The lowest BCUT2D eigenvalue weighted by molar-refractivity contribution is 0.00134. The highest BCUT2D eigenvalue weighted by molar-refractivity contribution is 6.02. The molecule has 0 bridgehead atoms. The van der Waals surface area contributed by atoms with Crippen molar-refractivity contribution >= 4 is 22.9 Å².